The van der Waals surface area contributed by atoms with Gasteiger partial charge in [-0.2, -0.15) is 0 Å². The number of aryl methyl sites for hydroxylation is 1. The Kier molecular flexibility index (Phi) is 4.44. The minimum absolute atomic E-state index is 0.950. The fourth-order valence-corrected chi connectivity index (χ4v) is 2.07. The molecule has 0 amide bonds. The van der Waals surface area contributed by atoms with Crippen LogP contribution in [-0.2, 0) is 0 Å². The van der Waals surface area contributed by atoms with Gasteiger partial charge in [0.15, 0.2) is 0 Å². The highest BCUT2D eigenvalue weighted by atomic mass is 79.9. The number of nitrogens with one attached hydrogen (secondary N) is 1. The van der Waals surface area contributed by atoms with Gasteiger partial charge in [0.05, 0.1) is 0 Å². The third kappa shape index (κ3) is 3.62. The van der Waals surface area contributed by atoms with Crippen LogP contribution in [0.25, 0.3) is 11.0 Å². The molecule has 0 aliphatic rings. The number of pyridine rings is 1. The number of benzene rings is 1. The fraction of sp³-hybridized carbons (Fsp3) is 0.0714. The van der Waals surface area contributed by atoms with Gasteiger partial charge in [0.2, 0.25) is 0 Å². The standard InChI is InChI=1S/C8H7BrN2.C6H6S/c1-5-2-6-3-7(9)4-10-8(6)11-5;7-6-4-2-1-3-5-6/h2-4H,1H3,(H,10,11);1-5,7H. The van der Waals surface area contributed by atoms with E-state index in [1.54, 1.807) is 6.20 Å². The van der Waals surface area contributed by atoms with Crippen molar-refractivity contribution in [3.05, 3.63) is 58.8 Å². The van der Waals surface area contributed by atoms with E-state index in [1.165, 1.54) is 0 Å². The van der Waals surface area contributed by atoms with Crippen LogP contribution >= 0.6 is 28.6 Å². The molecule has 0 saturated carbocycles. The van der Waals surface area contributed by atoms with Crippen molar-refractivity contribution < 1.29 is 0 Å². The molecule has 0 unspecified atom stereocenters. The number of thiol groups is 1. The van der Waals surface area contributed by atoms with Gasteiger partial charge in [-0.3, -0.25) is 0 Å². The summed E-state index contributed by atoms with van der Waals surface area (Å²) in [7, 11) is 0. The molecule has 2 heterocycles. The Morgan fingerprint density at radius 2 is 1.89 bits per heavy atom. The maximum absolute atomic E-state index is 4.20. The van der Waals surface area contributed by atoms with Crippen molar-refractivity contribution in [2.24, 2.45) is 0 Å². The quantitative estimate of drug-likeness (QED) is 0.582. The molecule has 3 aromatic rings. The molecule has 0 bridgehead atoms. The van der Waals surface area contributed by atoms with Crippen LogP contribution in [0.4, 0.5) is 0 Å². The molecule has 0 fully saturated rings. The van der Waals surface area contributed by atoms with Crippen LogP contribution in [0.5, 0.6) is 0 Å². The van der Waals surface area contributed by atoms with Crippen LogP contribution in [0.1, 0.15) is 5.69 Å². The maximum Gasteiger partial charge on any atom is 0.137 e. The molecule has 0 saturated heterocycles. The van der Waals surface area contributed by atoms with Crippen molar-refractivity contribution >= 4 is 39.6 Å². The van der Waals surface area contributed by atoms with Gasteiger partial charge in [0.1, 0.15) is 5.65 Å². The molecule has 4 heteroatoms. The van der Waals surface area contributed by atoms with Gasteiger partial charge in [-0.1, -0.05) is 18.2 Å². The van der Waals surface area contributed by atoms with E-state index >= 15 is 0 Å². The summed E-state index contributed by atoms with van der Waals surface area (Å²) in [5, 5.41) is 1.15. The SMILES string of the molecule is Cc1cc2cc(Br)cnc2[nH]1.Sc1ccccc1. The number of hydrogen-bond acceptors (Lipinski definition) is 2. The molecule has 18 heavy (non-hydrogen) atoms. The van der Waals surface area contributed by atoms with Crippen LogP contribution in [0, 0.1) is 6.92 Å². The molecule has 0 radical (unpaired) electrons. The summed E-state index contributed by atoms with van der Waals surface area (Å²) in [4.78, 5) is 8.37. The minimum atomic E-state index is 0.950. The van der Waals surface area contributed by atoms with Gasteiger partial charge in [-0.15, -0.1) is 12.6 Å². The van der Waals surface area contributed by atoms with Crippen LogP contribution < -0.4 is 0 Å². The van der Waals surface area contributed by atoms with E-state index in [1.807, 2.05) is 43.3 Å². The van der Waals surface area contributed by atoms with Gasteiger partial charge in [-0.25, -0.2) is 4.98 Å². The Labute approximate surface area is 120 Å². The van der Waals surface area contributed by atoms with Gasteiger partial charge in [-0.05, 0) is 47.1 Å². The van der Waals surface area contributed by atoms with Crippen LogP contribution in [-0.4, -0.2) is 9.97 Å². The fourth-order valence-electron chi connectivity index (χ4n) is 1.55. The zero-order valence-electron chi connectivity index (χ0n) is 9.89. The predicted octanol–water partition coefficient (Wildman–Crippen LogP) is 4.61. The monoisotopic (exact) mass is 320 g/mol. The van der Waals surface area contributed by atoms with Crippen LogP contribution in [0.15, 0.2) is 58.0 Å². The lowest BCUT2D eigenvalue weighted by Gasteiger charge is -1.88. The number of H-pyrrole nitrogens is 1. The number of aromatic nitrogens is 2. The first-order valence-corrected chi connectivity index (χ1v) is 6.74. The average molecular weight is 321 g/mol. The number of fused-ring (bicyclic) bond motifs is 1. The lowest BCUT2D eigenvalue weighted by molar-refractivity contribution is 1.25. The number of hydrogen-bond donors (Lipinski definition) is 2. The maximum atomic E-state index is 4.20. The first-order chi connectivity index (χ1) is 8.65. The second kappa shape index (κ2) is 6.07. The van der Waals surface area contributed by atoms with Gasteiger partial charge in [0.25, 0.3) is 0 Å². The zero-order valence-corrected chi connectivity index (χ0v) is 12.4. The number of nitrogens with zero attached hydrogens (tertiary/aromatic N) is 1. The molecule has 1 N–H and O–H groups in total. The minimum Gasteiger partial charge on any atom is -0.344 e. The molecular formula is C14H13BrN2S. The van der Waals surface area contributed by atoms with Crippen molar-refractivity contribution in [3.63, 3.8) is 0 Å². The highest BCUT2D eigenvalue weighted by Gasteiger charge is 1.97. The van der Waals surface area contributed by atoms with E-state index in [2.05, 4.69) is 44.6 Å². The lowest BCUT2D eigenvalue weighted by atomic mass is 10.3. The smallest absolute Gasteiger partial charge is 0.137 e. The summed E-state index contributed by atoms with van der Waals surface area (Å²) in [6.07, 6.45) is 1.79. The van der Waals surface area contributed by atoms with Crippen molar-refractivity contribution in [2.45, 2.75) is 11.8 Å². The summed E-state index contributed by atoms with van der Waals surface area (Å²) in [6.45, 7) is 2.02. The summed E-state index contributed by atoms with van der Waals surface area (Å²) >= 11 is 7.45. The Morgan fingerprint density at radius 3 is 2.50 bits per heavy atom. The number of halogens is 1. The number of rotatable bonds is 0. The molecule has 0 aliphatic heterocycles. The van der Waals surface area contributed by atoms with Crippen molar-refractivity contribution in [1.29, 1.82) is 0 Å². The largest absolute Gasteiger partial charge is 0.344 e. The highest BCUT2D eigenvalue weighted by Crippen LogP contribution is 2.17. The lowest BCUT2D eigenvalue weighted by Crippen LogP contribution is -1.74. The molecule has 2 nitrogen and oxygen atoms in total. The summed E-state index contributed by atoms with van der Waals surface area (Å²) < 4.78 is 1.02. The van der Waals surface area contributed by atoms with Crippen LogP contribution in [0.2, 0.25) is 0 Å². The Balaban J connectivity index is 0.000000149. The molecule has 92 valence electrons. The summed E-state index contributed by atoms with van der Waals surface area (Å²) in [5.74, 6) is 0. The van der Waals surface area contributed by atoms with E-state index in [0.717, 1.165) is 26.1 Å². The van der Waals surface area contributed by atoms with Crippen molar-refractivity contribution in [3.8, 4) is 0 Å². The summed E-state index contributed by atoms with van der Waals surface area (Å²) in [5.41, 5.74) is 2.09. The first-order valence-electron chi connectivity index (χ1n) is 5.50. The van der Waals surface area contributed by atoms with Crippen molar-refractivity contribution in [2.75, 3.05) is 0 Å². The molecule has 1 aromatic carbocycles. The number of aromatic amines is 1. The van der Waals surface area contributed by atoms with Gasteiger partial charge < -0.3 is 4.98 Å². The van der Waals surface area contributed by atoms with E-state index in [-0.39, 0.29) is 0 Å². The second-order valence-corrected chi connectivity index (χ2v) is 5.31. The summed E-state index contributed by atoms with van der Waals surface area (Å²) in [6, 6.07) is 13.9. The van der Waals surface area contributed by atoms with Crippen LogP contribution in [0.3, 0.4) is 0 Å². The molecule has 0 aliphatic carbocycles. The van der Waals surface area contributed by atoms with Crippen molar-refractivity contribution in [1.82, 2.24) is 9.97 Å². The first kappa shape index (κ1) is 13.2. The van der Waals surface area contributed by atoms with Gasteiger partial charge >= 0.3 is 0 Å². The zero-order chi connectivity index (χ0) is 13.0. The average Bonchev–Trinajstić information content (AvgIpc) is 2.70. The molecular weight excluding hydrogens is 308 g/mol. The molecule has 0 atom stereocenters. The highest BCUT2D eigenvalue weighted by molar-refractivity contribution is 9.10. The van der Waals surface area contributed by atoms with E-state index in [0.29, 0.717) is 0 Å². The molecule has 2 aromatic heterocycles. The topological polar surface area (TPSA) is 28.7 Å². The van der Waals surface area contributed by atoms with Gasteiger partial charge in [0, 0.05) is 26.6 Å². The normalized spacial score (nSPS) is 9.94. The third-order valence-electron chi connectivity index (χ3n) is 2.33. The van der Waals surface area contributed by atoms with E-state index in [9.17, 15) is 0 Å². The Morgan fingerprint density at radius 1 is 1.17 bits per heavy atom. The molecule has 3 rings (SSSR count). The Bertz CT molecular complexity index is 635. The third-order valence-corrected chi connectivity index (χ3v) is 3.06. The second-order valence-electron chi connectivity index (χ2n) is 3.88. The predicted molar refractivity (Wildman–Crippen MR) is 82.2 cm³/mol. The van der Waals surface area contributed by atoms with E-state index < -0.39 is 0 Å². The molecule has 0 spiro atoms. The van der Waals surface area contributed by atoms with E-state index in [4.69, 9.17) is 0 Å². The Hall–Kier alpha value is -1.26.